The SMILES string of the molecule is COc1ccc(N2C(=O)NC(=O)/C(=C\c3ccccc3OCC(=O)Nc3ccc(C)cc3)C2=O)cc1. The quantitative estimate of drug-likeness (QED) is 0.390. The number of benzene rings is 3. The molecule has 0 bridgehead atoms. The van der Waals surface area contributed by atoms with Crippen LogP contribution in [-0.4, -0.2) is 37.5 Å². The van der Waals surface area contributed by atoms with Gasteiger partial charge in [-0.25, -0.2) is 9.69 Å². The molecule has 0 aromatic heterocycles. The van der Waals surface area contributed by atoms with Gasteiger partial charge in [0.15, 0.2) is 6.61 Å². The van der Waals surface area contributed by atoms with Crippen LogP contribution in [0.4, 0.5) is 16.2 Å². The number of nitrogens with one attached hydrogen (secondary N) is 2. The van der Waals surface area contributed by atoms with Crippen LogP contribution in [0.5, 0.6) is 11.5 Å². The van der Waals surface area contributed by atoms with Gasteiger partial charge in [0.1, 0.15) is 17.1 Å². The monoisotopic (exact) mass is 485 g/mol. The third kappa shape index (κ3) is 5.41. The number of amides is 5. The summed E-state index contributed by atoms with van der Waals surface area (Å²) in [5.41, 5.74) is 2.11. The number of urea groups is 1. The molecule has 0 unspecified atom stereocenters. The van der Waals surface area contributed by atoms with Crippen molar-refractivity contribution in [2.45, 2.75) is 6.92 Å². The third-order valence-electron chi connectivity index (χ3n) is 5.35. The first-order valence-electron chi connectivity index (χ1n) is 11.0. The van der Waals surface area contributed by atoms with E-state index in [-0.39, 0.29) is 29.5 Å². The molecule has 0 saturated carbocycles. The molecule has 1 aliphatic rings. The van der Waals surface area contributed by atoms with E-state index in [1.165, 1.54) is 25.3 Å². The molecule has 0 radical (unpaired) electrons. The lowest BCUT2D eigenvalue weighted by Gasteiger charge is -2.26. The number of barbiturate groups is 1. The number of rotatable bonds is 7. The minimum Gasteiger partial charge on any atom is -0.497 e. The largest absolute Gasteiger partial charge is 0.497 e. The Hall–Kier alpha value is -4.92. The summed E-state index contributed by atoms with van der Waals surface area (Å²) in [4.78, 5) is 51.3. The van der Waals surface area contributed by atoms with Crippen molar-refractivity contribution in [3.8, 4) is 11.5 Å². The van der Waals surface area contributed by atoms with Crippen molar-refractivity contribution in [3.05, 3.63) is 89.5 Å². The fourth-order valence-electron chi connectivity index (χ4n) is 3.49. The van der Waals surface area contributed by atoms with Crippen LogP contribution in [0, 0.1) is 6.92 Å². The highest BCUT2D eigenvalue weighted by atomic mass is 16.5. The van der Waals surface area contributed by atoms with Crippen LogP contribution in [0.3, 0.4) is 0 Å². The van der Waals surface area contributed by atoms with Gasteiger partial charge in [0.25, 0.3) is 17.7 Å². The minimum absolute atomic E-state index is 0.259. The lowest BCUT2D eigenvalue weighted by Crippen LogP contribution is -2.54. The van der Waals surface area contributed by atoms with E-state index in [0.29, 0.717) is 17.0 Å². The number of aryl methyl sites for hydroxylation is 1. The first-order chi connectivity index (χ1) is 17.4. The Balaban J connectivity index is 1.53. The molecular weight excluding hydrogens is 462 g/mol. The highest BCUT2D eigenvalue weighted by molar-refractivity contribution is 6.39. The van der Waals surface area contributed by atoms with Gasteiger partial charge in [-0.3, -0.25) is 19.7 Å². The van der Waals surface area contributed by atoms with Gasteiger partial charge in [0.05, 0.1) is 12.8 Å². The Kier molecular flexibility index (Phi) is 7.10. The standard InChI is InChI=1S/C27H23N3O6/c1-17-7-9-19(10-8-17)28-24(31)16-36-23-6-4-3-5-18(23)15-22-25(32)29-27(34)30(26(22)33)20-11-13-21(35-2)14-12-20/h3-15H,16H2,1-2H3,(H,28,31)(H,29,32,34)/b22-15+. The second-order valence-corrected chi connectivity index (χ2v) is 7.90. The molecule has 36 heavy (non-hydrogen) atoms. The van der Waals surface area contributed by atoms with E-state index in [9.17, 15) is 19.2 Å². The number of carbonyl (C=O) groups is 4. The number of nitrogens with zero attached hydrogens (tertiary/aromatic N) is 1. The summed E-state index contributed by atoms with van der Waals surface area (Å²) in [5.74, 6) is -1.16. The van der Waals surface area contributed by atoms with E-state index in [4.69, 9.17) is 9.47 Å². The number of methoxy groups -OCH3 is 1. The van der Waals surface area contributed by atoms with Gasteiger partial charge in [0, 0.05) is 11.3 Å². The van der Waals surface area contributed by atoms with E-state index >= 15 is 0 Å². The van der Waals surface area contributed by atoms with Gasteiger partial charge >= 0.3 is 6.03 Å². The zero-order valence-corrected chi connectivity index (χ0v) is 19.6. The molecule has 3 aromatic rings. The van der Waals surface area contributed by atoms with E-state index in [1.54, 1.807) is 48.5 Å². The number of anilines is 2. The Morgan fingerprint density at radius 2 is 1.67 bits per heavy atom. The number of hydrogen-bond acceptors (Lipinski definition) is 6. The van der Waals surface area contributed by atoms with Crippen LogP contribution in [0.25, 0.3) is 6.08 Å². The molecule has 0 aliphatic carbocycles. The molecule has 182 valence electrons. The predicted octanol–water partition coefficient (Wildman–Crippen LogP) is 3.69. The minimum atomic E-state index is -0.857. The summed E-state index contributed by atoms with van der Waals surface area (Å²) in [6, 6.07) is 19.4. The first kappa shape index (κ1) is 24.2. The van der Waals surface area contributed by atoms with Crippen molar-refractivity contribution in [1.29, 1.82) is 0 Å². The molecule has 1 aliphatic heterocycles. The third-order valence-corrected chi connectivity index (χ3v) is 5.35. The van der Waals surface area contributed by atoms with Crippen molar-refractivity contribution < 1.29 is 28.7 Å². The molecule has 1 saturated heterocycles. The van der Waals surface area contributed by atoms with Crippen LogP contribution in [0.2, 0.25) is 0 Å². The van der Waals surface area contributed by atoms with Crippen molar-refractivity contribution in [3.63, 3.8) is 0 Å². The summed E-state index contributed by atoms with van der Waals surface area (Å²) in [5, 5.41) is 4.92. The molecule has 9 nitrogen and oxygen atoms in total. The van der Waals surface area contributed by atoms with Gasteiger partial charge in [-0.2, -0.15) is 0 Å². The average molecular weight is 485 g/mol. The maximum absolute atomic E-state index is 13.1. The maximum atomic E-state index is 13.1. The van der Waals surface area contributed by atoms with Crippen LogP contribution in [-0.2, 0) is 14.4 Å². The lowest BCUT2D eigenvalue weighted by atomic mass is 10.1. The summed E-state index contributed by atoms with van der Waals surface area (Å²) >= 11 is 0. The van der Waals surface area contributed by atoms with Gasteiger partial charge in [-0.1, -0.05) is 35.9 Å². The van der Waals surface area contributed by atoms with Crippen LogP contribution in [0.1, 0.15) is 11.1 Å². The molecule has 9 heteroatoms. The smallest absolute Gasteiger partial charge is 0.335 e. The number of para-hydroxylation sites is 1. The van der Waals surface area contributed by atoms with Crippen molar-refractivity contribution in [1.82, 2.24) is 5.32 Å². The summed E-state index contributed by atoms with van der Waals surface area (Å²) < 4.78 is 10.8. The van der Waals surface area contributed by atoms with E-state index in [1.807, 2.05) is 19.1 Å². The topological polar surface area (TPSA) is 114 Å². The number of ether oxygens (including phenoxy) is 2. The van der Waals surface area contributed by atoms with Crippen molar-refractivity contribution in [2.75, 3.05) is 23.9 Å². The Morgan fingerprint density at radius 3 is 2.36 bits per heavy atom. The zero-order valence-electron chi connectivity index (χ0n) is 19.6. The highest BCUT2D eigenvalue weighted by Crippen LogP contribution is 2.26. The van der Waals surface area contributed by atoms with E-state index in [0.717, 1.165) is 10.5 Å². The molecular formula is C27H23N3O6. The predicted molar refractivity (Wildman–Crippen MR) is 134 cm³/mol. The molecule has 3 aromatic carbocycles. The second-order valence-electron chi connectivity index (χ2n) is 7.90. The highest BCUT2D eigenvalue weighted by Gasteiger charge is 2.37. The Labute approximate surface area is 207 Å². The maximum Gasteiger partial charge on any atom is 0.335 e. The average Bonchev–Trinajstić information content (AvgIpc) is 2.87. The van der Waals surface area contributed by atoms with Crippen LogP contribution >= 0.6 is 0 Å². The zero-order chi connectivity index (χ0) is 25.7. The summed E-state index contributed by atoms with van der Waals surface area (Å²) in [6.45, 7) is 1.66. The number of imide groups is 2. The normalized spacial score (nSPS) is 14.4. The lowest BCUT2D eigenvalue weighted by molar-refractivity contribution is -0.122. The fourth-order valence-corrected chi connectivity index (χ4v) is 3.49. The summed E-state index contributed by atoms with van der Waals surface area (Å²) in [7, 11) is 1.50. The number of hydrogen-bond donors (Lipinski definition) is 2. The van der Waals surface area contributed by atoms with Crippen molar-refractivity contribution >= 4 is 41.2 Å². The van der Waals surface area contributed by atoms with Crippen molar-refractivity contribution in [2.24, 2.45) is 0 Å². The van der Waals surface area contributed by atoms with E-state index < -0.39 is 17.8 Å². The van der Waals surface area contributed by atoms with Crippen LogP contribution < -0.4 is 25.0 Å². The van der Waals surface area contributed by atoms with Gasteiger partial charge < -0.3 is 14.8 Å². The molecule has 0 spiro atoms. The summed E-state index contributed by atoms with van der Waals surface area (Å²) in [6.07, 6.45) is 1.33. The van der Waals surface area contributed by atoms with E-state index in [2.05, 4.69) is 10.6 Å². The van der Waals surface area contributed by atoms with Gasteiger partial charge in [-0.05, 0) is 55.5 Å². The first-order valence-corrected chi connectivity index (χ1v) is 11.0. The molecule has 0 atom stereocenters. The Morgan fingerprint density at radius 1 is 0.972 bits per heavy atom. The Bertz CT molecular complexity index is 1350. The molecule has 2 N–H and O–H groups in total. The van der Waals surface area contributed by atoms with Gasteiger partial charge in [-0.15, -0.1) is 0 Å². The number of carbonyl (C=O) groups excluding carboxylic acids is 4. The molecule has 5 amide bonds. The second kappa shape index (κ2) is 10.6. The molecule has 4 rings (SSSR count). The van der Waals surface area contributed by atoms with Crippen LogP contribution in [0.15, 0.2) is 78.4 Å². The van der Waals surface area contributed by atoms with Gasteiger partial charge in [0.2, 0.25) is 0 Å². The fraction of sp³-hybridized carbons (Fsp3) is 0.111. The molecule has 1 heterocycles. The molecule has 1 fully saturated rings.